The van der Waals surface area contributed by atoms with Crippen LogP contribution in [-0.4, -0.2) is 12.2 Å². The van der Waals surface area contributed by atoms with Crippen LogP contribution in [0.3, 0.4) is 0 Å². The summed E-state index contributed by atoms with van der Waals surface area (Å²) in [5.74, 6) is 0.738. The summed E-state index contributed by atoms with van der Waals surface area (Å²) in [6.07, 6.45) is 0. The molecule has 0 aliphatic rings. The fourth-order valence-electron chi connectivity index (χ4n) is 2.09. The molecule has 2 aromatic carbocycles. The molecule has 3 aromatic rings. The molecule has 0 bridgehead atoms. The number of methoxy groups -OCH3 is 1. The van der Waals surface area contributed by atoms with Crippen molar-refractivity contribution in [3.63, 3.8) is 0 Å². The number of ether oxygens (including phenoxy) is 1. The Morgan fingerprint density at radius 3 is 2.75 bits per heavy atom. The Kier molecular flexibility index (Phi) is 2.91. The minimum Gasteiger partial charge on any atom is -0.508 e. The van der Waals surface area contributed by atoms with Gasteiger partial charge in [0.15, 0.2) is 0 Å². The molecular formula is C16H12O4. The first-order valence-electron chi connectivity index (χ1n) is 6.09. The van der Waals surface area contributed by atoms with Gasteiger partial charge in [0.2, 0.25) is 0 Å². The molecule has 0 saturated carbocycles. The second kappa shape index (κ2) is 4.74. The zero-order chi connectivity index (χ0) is 14.1. The highest BCUT2D eigenvalue weighted by Gasteiger charge is 2.09. The number of phenols is 1. The smallest absolute Gasteiger partial charge is 0.344 e. The average molecular weight is 268 g/mol. The number of phenolic OH excluding ortho intramolecular Hbond substituents is 1. The summed E-state index contributed by atoms with van der Waals surface area (Å²) < 4.78 is 10.4. The van der Waals surface area contributed by atoms with E-state index in [0.29, 0.717) is 16.9 Å². The summed E-state index contributed by atoms with van der Waals surface area (Å²) in [7, 11) is 1.57. The molecule has 0 saturated heterocycles. The fourth-order valence-corrected chi connectivity index (χ4v) is 2.09. The standard InChI is InChI=1S/C16H12O4/c1-19-13-4-2-3-10(7-13)14-8-11-5-6-12(17)9-15(11)20-16(14)18/h2-9,17H,1H3. The maximum Gasteiger partial charge on any atom is 0.344 e. The van der Waals surface area contributed by atoms with Gasteiger partial charge in [-0.3, -0.25) is 0 Å². The van der Waals surface area contributed by atoms with Gasteiger partial charge in [0.1, 0.15) is 17.1 Å². The second-order valence-corrected chi connectivity index (χ2v) is 4.40. The van der Waals surface area contributed by atoms with Crippen LogP contribution in [0.2, 0.25) is 0 Å². The zero-order valence-corrected chi connectivity index (χ0v) is 10.8. The van der Waals surface area contributed by atoms with E-state index in [1.165, 1.54) is 6.07 Å². The predicted octanol–water partition coefficient (Wildman–Crippen LogP) is 3.17. The van der Waals surface area contributed by atoms with Crippen molar-refractivity contribution in [1.29, 1.82) is 0 Å². The summed E-state index contributed by atoms with van der Waals surface area (Å²) in [5, 5.41) is 10.1. The fraction of sp³-hybridized carbons (Fsp3) is 0.0625. The highest BCUT2D eigenvalue weighted by atomic mass is 16.5. The summed E-state index contributed by atoms with van der Waals surface area (Å²) in [6.45, 7) is 0. The molecule has 4 heteroatoms. The number of rotatable bonds is 2. The van der Waals surface area contributed by atoms with Gasteiger partial charge in [0.25, 0.3) is 0 Å². The molecule has 0 aliphatic heterocycles. The zero-order valence-electron chi connectivity index (χ0n) is 10.8. The van der Waals surface area contributed by atoms with Gasteiger partial charge in [-0.2, -0.15) is 0 Å². The summed E-state index contributed by atoms with van der Waals surface area (Å²) in [4.78, 5) is 12.1. The van der Waals surface area contributed by atoms with E-state index in [4.69, 9.17) is 9.15 Å². The van der Waals surface area contributed by atoms with Gasteiger partial charge in [0, 0.05) is 11.5 Å². The van der Waals surface area contributed by atoms with Crippen LogP contribution in [0.25, 0.3) is 22.1 Å². The molecule has 0 amide bonds. The molecule has 0 unspecified atom stereocenters. The van der Waals surface area contributed by atoms with E-state index >= 15 is 0 Å². The third kappa shape index (κ3) is 2.12. The topological polar surface area (TPSA) is 59.7 Å². The number of benzene rings is 2. The Hall–Kier alpha value is -2.75. The van der Waals surface area contributed by atoms with E-state index in [0.717, 1.165) is 10.9 Å². The SMILES string of the molecule is COc1cccc(-c2cc3ccc(O)cc3oc2=O)c1. The van der Waals surface area contributed by atoms with Gasteiger partial charge in [-0.15, -0.1) is 0 Å². The Balaban J connectivity index is 2.23. The van der Waals surface area contributed by atoms with Crippen LogP contribution in [0.1, 0.15) is 0 Å². The molecule has 0 radical (unpaired) electrons. The van der Waals surface area contributed by atoms with Gasteiger partial charge >= 0.3 is 5.63 Å². The molecule has 0 aliphatic carbocycles. The van der Waals surface area contributed by atoms with Crippen molar-refractivity contribution in [1.82, 2.24) is 0 Å². The van der Waals surface area contributed by atoms with Crippen LogP contribution in [0.5, 0.6) is 11.5 Å². The number of hydrogen-bond donors (Lipinski definition) is 1. The number of fused-ring (bicyclic) bond motifs is 1. The third-order valence-corrected chi connectivity index (χ3v) is 3.10. The molecule has 4 nitrogen and oxygen atoms in total. The van der Waals surface area contributed by atoms with Crippen molar-refractivity contribution in [2.24, 2.45) is 0 Å². The molecular weight excluding hydrogens is 256 g/mol. The lowest BCUT2D eigenvalue weighted by molar-refractivity contribution is 0.415. The molecule has 1 heterocycles. The monoisotopic (exact) mass is 268 g/mol. The van der Waals surface area contributed by atoms with E-state index < -0.39 is 5.63 Å². The summed E-state index contributed by atoms with van der Waals surface area (Å²) in [5.41, 5.74) is 1.10. The van der Waals surface area contributed by atoms with Crippen molar-refractivity contribution in [3.8, 4) is 22.6 Å². The molecule has 20 heavy (non-hydrogen) atoms. The summed E-state index contributed by atoms with van der Waals surface area (Å²) in [6, 6.07) is 13.6. The van der Waals surface area contributed by atoms with Crippen molar-refractivity contribution >= 4 is 11.0 Å². The molecule has 1 aromatic heterocycles. The largest absolute Gasteiger partial charge is 0.508 e. The second-order valence-electron chi connectivity index (χ2n) is 4.40. The lowest BCUT2D eigenvalue weighted by Gasteiger charge is -2.05. The molecule has 0 atom stereocenters. The van der Waals surface area contributed by atoms with Gasteiger partial charge in [0.05, 0.1) is 12.7 Å². The van der Waals surface area contributed by atoms with Crippen molar-refractivity contribution in [3.05, 3.63) is 59.0 Å². The minimum atomic E-state index is -0.448. The van der Waals surface area contributed by atoms with E-state index in [1.54, 1.807) is 31.4 Å². The van der Waals surface area contributed by atoms with Gasteiger partial charge < -0.3 is 14.3 Å². The quantitative estimate of drug-likeness (QED) is 0.725. The highest BCUT2D eigenvalue weighted by molar-refractivity contribution is 5.82. The first kappa shape index (κ1) is 12.3. The first-order valence-corrected chi connectivity index (χ1v) is 6.09. The minimum absolute atomic E-state index is 0.0646. The highest BCUT2D eigenvalue weighted by Crippen LogP contribution is 2.25. The maximum atomic E-state index is 12.1. The first-order chi connectivity index (χ1) is 9.67. The predicted molar refractivity (Wildman–Crippen MR) is 76.1 cm³/mol. The Morgan fingerprint density at radius 2 is 1.95 bits per heavy atom. The molecule has 1 N–H and O–H groups in total. The van der Waals surface area contributed by atoms with Crippen molar-refractivity contribution in [2.45, 2.75) is 0 Å². The number of hydrogen-bond acceptors (Lipinski definition) is 4. The van der Waals surface area contributed by atoms with Crippen LogP contribution in [-0.2, 0) is 0 Å². The van der Waals surface area contributed by atoms with Crippen LogP contribution >= 0.6 is 0 Å². The Labute approximate surface area is 114 Å². The maximum absolute atomic E-state index is 12.1. The molecule has 0 fully saturated rings. The van der Waals surface area contributed by atoms with E-state index in [2.05, 4.69) is 0 Å². The average Bonchev–Trinajstić information content (AvgIpc) is 2.46. The van der Waals surface area contributed by atoms with Gasteiger partial charge in [-0.1, -0.05) is 12.1 Å². The molecule has 3 rings (SSSR count). The third-order valence-electron chi connectivity index (χ3n) is 3.10. The van der Waals surface area contributed by atoms with E-state index in [9.17, 15) is 9.90 Å². The summed E-state index contributed by atoms with van der Waals surface area (Å²) >= 11 is 0. The Bertz CT molecular complexity index is 833. The normalized spacial score (nSPS) is 10.7. The van der Waals surface area contributed by atoms with Crippen LogP contribution < -0.4 is 10.4 Å². The Morgan fingerprint density at radius 1 is 1.10 bits per heavy atom. The van der Waals surface area contributed by atoms with Crippen LogP contribution in [0.4, 0.5) is 0 Å². The van der Waals surface area contributed by atoms with Gasteiger partial charge in [-0.05, 0) is 35.9 Å². The van der Waals surface area contributed by atoms with Crippen molar-refractivity contribution in [2.75, 3.05) is 7.11 Å². The van der Waals surface area contributed by atoms with Crippen LogP contribution in [0.15, 0.2) is 57.7 Å². The lowest BCUT2D eigenvalue weighted by atomic mass is 10.1. The lowest BCUT2D eigenvalue weighted by Crippen LogP contribution is -2.02. The van der Waals surface area contributed by atoms with E-state index in [1.807, 2.05) is 18.2 Å². The molecule has 0 spiro atoms. The number of aromatic hydroxyl groups is 1. The van der Waals surface area contributed by atoms with Crippen LogP contribution in [0, 0.1) is 0 Å². The molecule has 100 valence electrons. The van der Waals surface area contributed by atoms with Gasteiger partial charge in [-0.25, -0.2) is 4.79 Å². The van der Waals surface area contributed by atoms with Crippen molar-refractivity contribution < 1.29 is 14.3 Å². The van der Waals surface area contributed by atoms with E-state index in [-0.39, 0.29) is 5.75 Å².